The van der Waals surface area contributed by atoms with Gasteiger partial charge in [0.2, 0.25) is 0 Å². The Bertz CT molecular complexity index is 579. The van der Waals surface area contributed by atoms with Crippen LogP contribution >= 0.6 is 0 Å². The Balaban J connectivity index is 2.60. The van der Waals surface area contributed by atoms with E-state index in [4.69, 9.17) is 5.11 Å². The van der Waals surface area contributed by atoms with Crippen molar-refractivity contribution in [1.29, 1.82) is 0 Å². The number of pyridine rings is 2. The molecule has 0 aliphatic heterocycles. The number of nitrogens with zero attached hydrogens (tertiary/aromatic N) is 2. The Morgan fingerprint density at radius 3 is 2.71 bits per heavy atom. The minimum absolute atomic E-state index is 0.0586. The normalized spacial score (nSPS) is 10.2. The third-order valence-electron chi connectivity index (χ3n) is 2.49. The third kappa shape index (κ3) is 2.30. The highest BCUT2D eigenvalue weighted by molar-refractivity contribution is 5.87. The van der Waals surface area contributed by atoms with Crippen LogP contribution < -0.4 is 0 Å². The van der Waals surface area contributed by atoms with E-state index in [1.54, 1.807) is 19.2 Å². The average molecular weight is 228 g/mol. The predicted molar refractivity (Wildman–Crippen MR) is 63.9 cm³/mol. The molecule has 2 heterocycles. The molecule has 0 aliphatic rings. The van der Waals surface area contributed by atoms with Crippen LogP contribution in [-0.2, 0) is 0 Å². The minimum atomic E-state index is -1.02. The summed E-state index contributed by atoms with van der Waals surface area (Å²) in [4.78, 5) is 19.1. The van der Waals surface area contributed by atoms with Crippen LogP contribution in [0.3, 0.4) is 0 Å². The first-order valence-corrected chi connectivity index (χ1v) is 5.22. The van der Waals surface area contributed by atoms with Crippen molar-refractivity contribution in [3.05, 3.63) is 47.5 Å². The van der Waals surface area contributed by atoms with Gasteiger partial charge in [0.1, 0.15) is 5.69 Å². The second-order valence-electron chi connectivity index (χ2n) is 3.82. The van der Waals surface area contributed by atoms with Crippen LogP contribution in [0.15, 0.2) is 30.5 Å². The van der Waals surface area contributed by atoms with E-state index in [0.717, 1.165) is 16.8 Å². The summed E-state index contributed by atoms with van der Waals surface area (Å²) in [5.41, 5.74) is 3.38. The highest BCUT2D eigenvalue weighted by Gasteiger charge is 2.09. The molecule has 0 spiro atoms. The molecule has 2 rings (SSSR count). The number of hydrogen-bond acceptors (Lipinski definition) is 3. The molecule has 0 saturated heterocycles. The Morgan fingerprint density at radius 2 is 2.06 bits per heavy atom. The van der Waals surface area contributed by atoms with Crippen molar-refractivity contribution in [2.75, 3.05) is 0 Å². The van der Waals surface area contributed by atoms with Crippen molar-refractivity contribution in [2.24, 2.45) is 0 Å². The lowest BCUT2D eigenvalue weighted by Crippen LogP contribution is -2.02. The van der Waals surface area contributed by atoms with Gasteiger partial charge >= 0.3 is 5.97 Å². The molecular weight excluding hydrogens is 216 g/mol. The number of aromatic nitrogens is 2. The zero-order valence-electron chi connectivity index (χ0n) is 9.64. The maximum Gasteiger partial charge on any atom is 0.354 e. The molecule has 4 nitrogen and oxygen atoms in total. The maximum absolute atomic E-state index is 10.9. The molecule has 1 N–H and O–H groups in total. The standard InChI is InChI=1S/C13H12N2O2/c1-8-6-10(7-12(15-8)13(16)17)11-4-3-5-14-9(11)2/h3-7H,1-2H3,(H,16,17). The molecule has 0 saturated carbocycles. The van der Waals surface area contributed by atoms with Crippen molar-refractivity contribution < 1.29 is 9.90 Å². The summed E-state index contributed by atoms with van der Waals surface area (Å²) in [6.07, 6.45) is 1.71. The number of carboxylic acid groups (broad SMARTS) is 1. The quantitative estimate of drug-likeness (QED) is 0.857. The fourth-order valence-corrected chi connectivity index (χ4v) is 1.72. The molecule has 0 aromatic carbocycles. The van der Waals surface area contributed by atoms with Crippen molar-refractivity contribution in [3.63, 3.8) is 0 Å². The second-order valence-corrected chi connectivity index (χ2v) is 3.82. The monoisotopic (exact) mass is 228 g/mol. The first-order valence-electron chi connectivity index (χ1n) is 5.22. The van der Waals surface area contributed by atoms with E-state index in [2.05, 4.69) is 9.97 Å². The van der Waals surface area contributed by atoms with Crippen LogP contribution in [0.25, 0.3) is 11.1 Å². The van der Waals surface area contributed by atoms with Gasteiger partial charge < -0.3 is 5.11 Å². The molecule has 2 aromatic rings. The number of aromatic carboxylic acids is 1. The smallest absolute Gasteiger partial charge is 0.354 e. The van der Waals surface area contributed by atoms with Gasteiger partial charge in [-0.3, -0.25) is 4.98 Å². The van der Waals surface area contributed by atoms with Crippen molar-refractivity contribution >= 4 is 5.97 Å². The van der Waals surface area contributed by atoms with Gasteiger partial charge in [0.25, 0.3) is 0 Å². The number of aryl methyl sites for hydroxylation is 2. The van der Waals surface area contributed by atoms with E-state index >= 15 is 0 Å². The lowest BCUT2D eigenvalue weighted by Gasteiger charge is -2.06. The molecule has 0 atom stereocenters. The first kappa shape index (κ1) is 11.3. The van der Waals surface area contributed by atoms with Crippen LogP contribution in [-0.4, -0.2) is 21.0 Å². The number of rotatable bonds is 2. The van der Waals surface area contributed by atoms with Crippen LogP contribution in [0.1, 0.15) is 21.9 Å². The van der Waals surface area contributed by atoms with Gasteiger partial charge in [-0.2, -0.15) is 0 Å². The molecule has 0 radical (unpaired) electrons. The van der Waals surface area contributed by atoms with Crippen LogP contribution in [0.2, 0.25) is 0 Å². The summed E-state index contributed by atoms with van der Waals surface area (Å²) in [5, 5.41) is 8.97. The second kappa shape index (κ2) is 4.33. The molecule has 4 heteroatoms. The highest BCUT2D eigenvalue weighted by Crippen LogP contribution is 2.22. The Morgan fingerprint density at radius 1 is 1.29 bits per heavy atom. The van der Waals surface area contributed by atoms with Crippen molar-refractivity contribution in [2.45, 2.75) is 13.8 Å². The topological polar surface area (TPSA) is 63.1 Å². The van der Waals surface area contributed by atoms with Crippen LogP contribution in [0, 0.1) is 13.8 Å². The van der Waals surface area contributed by atoms with E-state index in [-0.39, 0.29) is 5.69 Å². The zero-order chi connectivity index (χ0) is 12.4. The molecule has 0 amide bonds. The largest absolute Gasteiger partial charge is 0.477 e. The van der Waals surface area contributed by atoms with Crippen molar-refractivity contribution in [1.82, 2.24) is 9.97 Å². The molecule has 0 unspecified atom stereocenters. The van der Waals surface area contributed by atoms with E-state index in [9.17, 15) is 4.79 Å². The zero-order valence-corrected chi connectivity index (χ0v) is 9.64. The van der Waals surface area contributed by atoms with Gasteiger partial charge in [0.15, 0.2) is 0 Å². The van der Waals surface area contributed by atoms with Crippen LogP contribution in [0.4, 0.5) is 0 Å². The van der Waals surface area contributed by atoms with E-state index in [0.29, 0.717) is 5.69 Å². The van der Waals surface area contributed by atoms with Gasteiger partial charge in [0, 0.05) is 23.1 Å². The molecule has 0 aliphatic carbocycles. The molecule has 0 fully saturated rings. The van der Waals surface area contributed by atoms with E-state index < -0.39 is 5.97 Å². The van der Waals surface area contributed by atoms with E-state index in [1.807, 2.05) is 25.1 Å². The summed E-state index contributed by atoms with van der Waals surface area (Å²) < 4.78 is 0. The molecule has 0 bridgehead atoms. The van der Waals surface area contributed by atoms with Crippen molar-refractivity contribution in [3.8, 4) is 11.1 Å². The summed E-state index contributed by atoms with van der Waals surface area (Å²) in [5.74, 6) is -1.02. The summed E-state index contributed by atoms with van der Waals surface area (Å²) in [6, 6.07) is 7.18. The number of carboxylic acids is 1. The van der Waals surface area contributed by atoms with E-state index in [1.165, 1.54) is 0 Å². The lowest BCUT2D eigenvalue weighted by molar-refractivity contribution is 0.0690. The number of carbonyl (C=O) groups is 1. The highest BCUT2D eigenvalue weighted by atomic mass is 16.4. The molecule has 86 valence electrons. The maximum atomic E-state index is 10.9. The van der Waals surface area contributed by atoms with Crippen LogP contribution in [0.5, 0.6) is 0 Å². The number of hydrogen-bond donors (Lipinski definition) is 1. The van der Waals surface area contributed by atoms with Gasteiger partial charge in [-0.05, 0) is 37.6 Å². The molecule has 17 heavy (non-hydrogen) atoms. The summed E-state index contributed by atoms with van der Waals surface area (Å²) in [6.45, 7) is 3.67. The SMILES string of the molecule is Cc1cc(-c2cccnc2C)cc(C(=O)O)n1. The lowest BCUT2D eigenvalue weighted by atomic mass is 10.0. The fraction of sp³-hybridized carbons (Fsp3) is 0.154. The summed E-state index contributed by atoms with van der Waals surface area (Å²) in [7, 11) is 0. The fourth-order valence-electron chi connectivity index (χ4n) is 1.72. The Hall–Kier alpha value is -2.23. The Kier molecular flexibility index (Phi) is 2.87. The minimum Gasteiger partial charge on any atom is -0.477 e. The van der Waals surface area contributed by atoms with Gasteiger partial charge in [-0.25, -0.2) is 9.78 Å². The predicted octanol–water partition coefficient (Wildman–Crippen LogP) is 2.46. The van der Waals surface area contributed by atoms with Gasteiger partial charge in [-0.15, -0.1) is 0 Å². The Labute approximate surface area is 99.0 Å². The van der Waals surface area contributed by atoms with Gasteiger partial charge in [-0.1, -0.05) is 6.07 Å². The van der Waals surface area contributed by atoms with Gasteiger partial charge in [0.05, 0.1) is 0 Å². The third-order valence-corrected chi connectivity index (χ3v) is 2.49. The average Bonchev–Trinajstić information content (AvgIpc) is 2.28. The first-order chi connectivity index (χ1) is 8.08. The molecular formula is C13H12N2O2. The molecule has 2 aromatic heterocycles. The summed E-state index contributed by atoms with van der Waals surface area (Å²) >= 11 is 0.